The SMILES string of the molecule is O=C(O)CCC(Cc1ccccc1)NC(=O)NCc1ccsc1. The summed E-state index contributed by atoms with van der Waals surface area (Å²) < 4.78 is 0. The number of carbonyl (C=O) groups excluding carboxylic acids is 1. The molecule has 2 aromatic rings. The number of carboxylic acids is 1. The number of carbonyl (C=O) groups is 2. The minimum atomic E-state index is -0.858. The minimum absolute atomic E-state index is 0.0301. The van der Waals surface area contributed by atoms with Crippen LogP contribution in [0.1, 0.15) is 24.0 Å². The number of aliphatic carboxylic acids is 1. The van der Waals surface area contributed by atoms with Gasteiger partial charge in [-0.2, -0.15) is 11.3 Å². The lowest BCUT2D eigenvalue weighted by Crippen LogP contribution is -2.43. The van der Waals surface area contributed by atoms with Crippen LogP contribution in [-0.4, -0.2) is 23.1 Å². The van der Waals surface area contributed by atoms with Crippen LogP contribution < -0.4 is 10.6 Å². The van der Waals surface area contributed by atoms with Crippen molar-refractivity contribution in [1.29, 1.82) is 0 Å². The van der Waals surface area contributed by atoms with Crippen LogP contribution in [0.3, 0.4) is 0 Å². The van der Waals surface area contributed by atoms with E-state index >= 15 is 0 Å². The third kappa shape index (κ3) is 6.52. The predicted octanol–water partition coefficient (Wildman–Crippen LogP) is 3.02. The van der Waals surface area contributed by atoms with Gasteiger partial charge >= 0.3 is 12.0 Å². The van der Waals surface area contributed by atoms with Crippen LogP contribution >= 0.6 is 11.3 Å². The summed E-state index contributed by atoms with van der Waals surface area (Å²) in [5.74, 6) is -0.858. The summed E-state index contributed by atoms with van der Waals surface area (Å²) in [4.78, 5) is 22.8. The zero-order chi connectivity index (χ0) is 16.5. The van der Waals surface area contributed by atoms with Gasteiger partial charge in [-0.15, -0.1) is 0 Å². The van der Waals surface area contributed by atoms with Gasteiger partial charge in [0.2, 0.25) is 0 Å². The number of urea groups is 1. The first-order valence-corrected chi connectivity index (χ1v) is 8.39. The van der Waals surface area contributed by atoms with Gasteiger partial charge in [0.05, 0.1) is 0 Å². The number of carboxylic acid groups (broad SMARTS) is 1. The van der Waals surface area contributed by atoms with Gasteiger partial charge in [0.15, 0.2) is 0 Å². The molecule has 0 saturated carbocycles. The maximum Gasteiger partial charge on any atom is 0.315 e. The molecule has 1 aromatic heterocycles. The summed E-state index contributed by atoms with van der Waals surface area (Å²) in [6.07, 6.45) is 1.04. The van der Waals surface area contributed by atoms with E-state index in [0.29, 0.717) is 19.4 Å². The Kier molecular flexibility index (Phi) is 6.62. The number of thiophene rings is 1. The molecule has 3 N–H and O–H groups in total. The van der Waals surface area contributed by atoms with E-state index in [-0.39, 0.29) is 18.5 Å². The molecular weight excluding hydrogens is 312 g/mol. The fourth-order valence-electron chi connectivity index (χ4n) is 2.23. The van der Waals surface area contributed by atoms with Crippen molar-refractivity contribution in [1.82, 2.24) is 10.6 Å². The van der Waals surface area contributed by atoms with Crippen molar-refractivity contribution in [3.8, 4) is 0 Å². The maximum atomic E-state index is 12.0. The number of nitrogens with one attached hydrogen (secondary N) is 2. The largest absolute Gasteiger partial charge is 0.481 e. The van der Waals surface area contributed by atoms with E-state index in [1.165, 1.54) is 0 Å². The number of hydrogen-bond acceptors (Lipinski definition) is 3. The third-order valence-electron chi connectivity index (χ3n) is 3.40. The van der Waals surface area contributed by atoms with E-state index in [1.54, 1.807) is 11.3 Å². The van der Waals surface area contributed by atoms with Crippen molar-refractivity contribution in [3.05, 3.63) is 58.3 Å². The van der Waals surface area contributed by atoms with E-state index in [1.807, 2.05) is 47.2 Å². The first-order valence-electron chi connectivity index (χ1n) is 7.44. The Morgan fingerprint density at radius 1 is 1.13 bits per heavy atom. The van der Waals surface area contributed by atoms with Crippen LogP contribution in [0.25, 0.3) is 0 Å². The number of rotatable bonds is 8. The molecule has 23 heavy (non-hydrogen) atoms. The van der Waals surface area contributed by atoms with Gasteiger partial charge in [0.25, 0.3) is 0 Å². The minimum Gasteiger partial charge on any atom is -0.481 e. The standard InChI is InChI=1S/C17H20N2O3S/c20-16(21)7-6-15(10-13-4-2-1-3-5-13)19-17(22)18-11-14-8-9-23-12-14/h1-5,8-9,12,15H,6-7,10-11H2,(H,20,21)(H2,18,19,22). The van der Waals surface area contributed by atoms with Gasteiger partial charge < -0.3 is 15.7 Å². The summed E-state index contributed by atoms with van der Waals surface area (Å²) in [6, 6.07) is 11.2. The molecule has 0 aliphatic rings. The first kappa shape index (κ1) is 17.0. The highest BCUT2D eigenvalue weighted by Gasteiger charge is 2.14. The van der Waals surface area contributed by atoms with Crippen LogP contribution in [0.5, 0.6) is 0 Å². The first-order chi connectivity index (χ1) is 11.1. The summed E-state index contributed by atoms with van der Waals surface area (Å²) in [5, 5.41) is 18.5. The Morgan fingerprint density at radius 3 is 2.57 bits per heavy atom. The normalized spacial score (nSPS) is 11.7. The van der Waals surface area contributed by atoms with Gasteiger partial charge in [0, 0.05) is 19.0 Å². The number of benzene rings is 1. The maximum absolute atomic E-state index is 12.0. The van der Waals surface area contributed by atoms with Crippen LogP contribution in [0.4, 0.5) is 4.79 Å². The molecule has 0 saturated heterocycles. The summed E-state index contributed by atoms with van der Waals surface area (Å²) in [6.45, 7) is 0.465. The molecule has 0 fully saturated rings. The fourth-order valence-corrected chi connectivity index (χ4v) is 2.90. The molecule has 2 rings (SSSR count). The average Bonchev–Trinajstić information content (AvgIpc) is 3.05. The molecule has 1 atom stereocenters. The highest BCUT2D eigenvalue weighted by Crippen LogP contribution is 2.08. The Labute approximate surface area is 139 Å². The zero-order valence-electron chi connectivity index (χ0n) is 12.7. The van der Waals surface area contributed by atoms with Crippen LogP contribution in [0.15, 0.2) is 47.2 Å². The van der Waals surface area contributed by atoms with Crippen LogP contribution in [0, 0.1) is 0 Å². The van der Waals surface area contributed by atoms with E-state index in [9.17, 15) is 9.59 Å². The lowest BCUT2D eigenvalue weighted by molar-refractivity contribution is -0.137. The smallest absolute Gasteiger partial charge is 0.315 e. The Bertz CT molecular complexity index is 614. The van der Waals surface area contributed by atoms with Gasteiger partial charge in [-0.3, -0.25) is 4.79 Å². The number of amides is 2. The summed E-state index contributed by atoms with van der Waals surface area (Å²) in [5.41, 5.74) is 2.12. The van der Waals surface area contributed by atoms with Gasteiger partial charge in [-0.1, -0.05) is 30.3 Å². The molecule has 0 aliphatic carbocycles. The monoisotopic (exact) mass is 332 g/mol. The lowest BCUT2D eigenvalue weighted by atomic mass is 10.0. The van der Waals surface area contributed by atoms with E-state index in [2.05, 4.69) is 10.6 Å². The molecule has 1 heterocycles. The summed E-state index contributed by atoms with van der Waals surface area (Å²) in [7, 11) is 0. The predicted molar refractivity (Wildman–Crippen MR) is 90.5 cm³/mol. The van der Waals surface area contributed by atoms with E-state index < -0.39 is 5.97 Å². The highest BCUT2D eigenvalue weighted by atomic mass is 32.1. The second kappa shape index (κ2) is 8.95. The molecule has 0 aliphatic heterocycles. The molecule has 5 nitrogen and oxygen atoms in total. The van der Waals surface area contributed by atoms with Crippen molar-refractivity contribution in [2.24, 2.45) is 0 Å². The van der Waals surface area contributed by atoms with E-state index in [0.717, 1.165) is 11.1 Å². The topological polar surface area (TPSA) is 78.4 Å². The van der Waals surface area contributed by atoms with Crippen molar-refractivity contribution >= 4 is 23.3 Å². The number of hydrogen-bond donors (Lipinski definition) is 3. The zero-order valence-corrected chi connectivity index (χ0v) is 13.5. The quantitative estimate of drug-likeness (QED) is 0.695. The van der Waals surface area contributed by atoms with Crippen LogP contribution in [0.2, 0.25) is 0 Å². The van der Waals surface area contributed by atoms with Gasteiger partial charge in [0.1, 0.15) is 0 Å². The second-order valence-corrected chi connectivity index (χ2v) is 6.06. The van der Waals surface area contributed by atoms with Gasteiger partial charge in [-0.05, 0) is 40.8 Å². The Morgan fingerprint density at radius 2 is 1.91 bits per heavy atom. The fraction of sp³-hybridized carbons (Fsp3) is 0.294. The Balaban J connectivity index is 1.87. The molecule has 6 heteroatoms. The summed E-state index contributed by atoms with van der Waals surface area (Å²) >= 11 is 1.58. The molecule has 122 valence electrons. The Hall–Kier alpha value is -2.34. The van der Waals surface area contributed by atoms with Crippen molar-refractivity contribution in [2.75, 3.05) is 0 Å². The van der Waals surface area contributed by atoms with Crippen molar-refractivity contribution in [3.63, 3.8) is 0 Å². The molecule has 2 amide bonds. The van der Waals surface area contributed by atoms with Crippen molar-refractivity contribution < 1.29 is 14.7 Å². The van der Waals surface area contributed by atoms with Crippen molar-refractivity contribution in [2.45, 2.75) is 31.8 Å². The molecule has 0 spiro atoms. The average molecular weight is 332 g/mol. The highest BCUT2D eigenvalue weighted by molar-refractivity contribution is 7.07. The van der Waals surface area contributed by atoms with Gasteiger partial charge in [-0.25, -0.2) is 4.79 Å². The van der Waals surface area contributed by atoms with Crippen LogP contribution in [-0.2, 0) is 17.8 Å². The van der Waals surface area contributed by atoms with E-state index in [4.69, 9.17) is 5.11 Å². The molecule has 0 bridgehead atoms. The lowest BCUT2D eigenvalue weighted by Gasteiger charge is -2.18. The second-order valence-electron chi connectivity index (χ2n) is 5.28. The third-order valence-corrected chi connectivity index (χ3v) is 4.13. The molecule has 0 radical (unpaired) electrons. The molecule has 1 aromatic carbocycles. The molecular formula is C17H20N2O3S. The molecule has 1 unspecified atom stereocenters.